The zero-order valence-electron chi connectivity index (χ0n) is 16.4. The number of amides is 2. The van der Waals surface area contributed by atoms with Crippen LogP contribution in [0.4, 0.5) is 0 Å². The van der Waals surface area contributed by atoms with Gasteiger partial charge in [-0.05, 0) is 24.1 Å². The molecule has 3 atom stereocenters. The van der Waals surface area contributed by atoms with Crippen LogP contribution in [0.2, 0.25) is 0 Å². The number of nitrogens with one attached hydrogen (secondary N) is 2. The number of carbonyl (C=O) groups excluding carboxylic acids is 2. The Morgan fingerprint density at radius 2 is 1.97 bits per heavy atom. The number of carbonyl (C=O) groups is 4. The van der Waals surface area contributed by atoms with E-state index in [-0.39, 0.29) is 30.1 Å². The molecule has 13 heteroatoms. The minimum absolute atomic E-state index is 0.0249. The van der Waals surface area contributed by atoms with Crippen molar-refractivity contribution in [3.63, 3.8) is 0 Å². The molecule has 7 N–H and O–H groups in total. The van der Waals surface area contributed by atoms with Gasteiger partial charge >= 0.3 is 11.9 Å². The Morgan fingerprint density at radius 3 is 2.52 bits per heavy atom. The standard InChI is InChI=1S/C18H24N4O8S/c1-9(23)10-2-4-14(12(6-10)22-30)31-8-13(17(27)20-7-16(25)26)21-15(24)5-3-11(19)18(28)29/h2,6,11,13-14,23H,1,3-5,7-8,19H2,(H,20,27)(H,21,24)(H,25,26)(H,28,29). The second-order valence-corrected chi connectivity index (χ2v) is 7.78. The summed E-state index contributed by atoms with van der Waals surface area (Å²) in [6.07, 6.45) is 2.90. The van der Waals surface area contributed by atoms with E-state index in [4.69, 9.17) is 15.9 Å². The molecule has 0 aromatic rings. The molecule has 0 spiro atoms. The molecule has 0 bridgehead atoms. The van der Waals surface area contributed by atoms with Crippen molar-refractivity contribution in [1.29, 1.82) is 0 Å². The number of hydrogen-bond acceptors (Lipinski definition) is 9. The van der Waals surface area contributed by atoms with E-state index in [1.165, 1.54) is 6.08 Å². The molecule has 1 aliphatic rings. The number of thioether (sulfide) groups is 1. The van der Waals surface area contributed by atoms with E-state index in [1.807, 2.05) is 0 Å². The topological polar surface area (TPSA) is 208 Å². The van der Waals surface area contributed by atoms with Gasteiger partial charge in [0, 0.05) is 17.7 Å². The Bertz CT molecular complexity index is 810. The van der Waals surface area contributed by atoms with Gasteiger partial charge in [-0.25, -0.2) is 0 Å². The molecule has 3 unspecified atom stereocenters. The highest BCUT2D eigenvalue weighted by Gasteiger charge is 2.26. The molecule has 0 saturated carbocycles. The van der Waals surface area contributed by atoms with Crippen LogP contribution in [0.1, 0.15) is 19.3 Å². The smallest absolute Gasteiger partial charge is 0.322 e. The maximum absolute atomic E-state index is 12.3. The lowest BCUT2D eigenvalue weighted by Crippen LogP contribution is -2.49. The Labute approximate surface area is 181 Å². The number of aliphatic hydroxyl groups excluding tert-OH is 1. The normalized spacial score (nSPS) is 17.4. The van der Waals surface area contributed by atoms with Crippen molar-refractivity contribution < 1.29 is 34.5 Å². The van der Waals surface area contributed by atoms with E-state index in [2.05, 4.69) is 22.4 Å². The fourth-order valence-electron chi connectivity index (χ4n) is 2.46. The monoisotopic (exact) mass is 456 g/mol. The molecule has 0 heterocycles. The first-order valence-corrected chi connectivity index (χ1v) is 10.1. The summed E-state index contributed by atoms with van der Waals surface area (Å²) >= 11 is 1.13. The maximum Gasteiger partial charge on any atom is 0.322 e. The molecule has 31 heavy (non-hydrogen) atoms. The van der Waals surface area contributed by atoms with Gasteiger partial charge in [-0.2, -0.15) is 0 Å². The maximum atomic E-state index is 12.3. The highest BCUT2D eigenvalue weighted by Crippen LogP contribution is 2.31. The van der Waals surface area contributed by atoms with E-state index < -0.39 is 47.6 Å². The highest BCUT2D eigenvalue weighted by molar-refractivity contribution is 8.00. The molecule has 2 amide bonds. The Morgan fingerprint density at radius 1 is 1.29 bits per heavy atom. The number of nitroso groups, excluding NO2 is 1. The van der Waals surface area contributed by atoms with Crippen LogP contribution in [0.25, 0.3) is 0 Å². The Balaban J connectivity index is 2.79. The summed E-state index contributed by atoms with van der Waals surface area (Å²) in [5.41, 5.74) is 5.82. The molecule has 170 valence electrons. The number of carboxylic acids is 2. The van der Waals surface area contributed by atoms with Crippen LogP contribution >= 0.6 is 11.8 Å². The number of nitrogens with zero attached hydrogens (tertiary/aromatic N) is 1. The Kier molecular flexibility index (Phi) is 10.4. The summed E-state index contributed by atoms with van der Waals surface area (Å²) in [5.74, 6) is -4.19. The zero-order valence-corrected chi connectivity index (χ0v) is 17.3. The van der Waals surface area contributed by atoms with Gasteiger partial charge in [0.15, 0.2) is 0 Å². The van der Waals surface area contributed by atoms with Crippen LogP contribution in [0, 0.1) is 4.91 Å². The average molecular weight is 456 g/mol. The molecule has 0 aliphatic heterocycles. The van der Waals surface area contributed by atoms with Gasteiger partial charge in [0.2, 0.25) is 11.8 Å². The highest BCUT2D eigenvalue weighted by atomic mass is 32.2. The summed E-state index contributed by atoms with van der Waals surface area (Å²) in [6, 6.07) is -2.39. The fraction of sp³-hybridized carbons (Fsp3) is 0.444. The SMILES string of the molecule is C=C(O)C1=CCC(SCC(NC(=O)CCC(N)C(=O)O)C(=O)NCC(=O)O)C(N=O)=C1. The summed E-state index contributed by atoms with van der Waals surface area (Å²) in [4.78, 5) is 57.0. The molecule has 12 nitrogen and oxygen atoms in total. The van der Waals surface area contributed by atoms with E-state index >= 15 is 0 Å². The molecular weight excluding hydrogens is 432 g/mol. The fourth-order valence-corrected chi connectivity index (χ4v) is 3.64. The molecule has 1 aliphatic carbocycles. The van der Waals surface area contributed by atoms with Crippen molar-refractivity contribution in [3.8, 4) is 0 Å². The number of carboxylic acid groups (broad SMARTS) is 2. The third-order valence-corrected chi connectivity index (χ3v) is 5.52. The van der Waals surface area contributed by atoms with E-state index in [9.17, 15) is 29.2 Å². The van der Waals surface area contributed by atoms with Gasteiger partial charge in [-0.3, -0.25) is 19.2 Å². The quantitative estimate of drug-likeness (QED) is 0.162. The zero-order chi connectivity index (χ0) is 23.6. The van der Waals surface area contributed by atoms with Crippen molar-refractivity contribution in [2.24, 2.45) is 10.9 Å². The second-order valence-electron chi connectivity index (χ2n) is 6.54. The minimum atomic E-state index is -1.27. The summed E-state index contributed by atoms with van der Waals surface area (Å²) in [7, 11) is 0. The van der Waals surface area contributed by atoms with E-state index in [0.29, 0.717) is 12.0 Å². The van der Waals surface area contributed by atoms with Gasteiger partial charge in [-0.15, -0.1) is 16.7 Å². The average Bonchev–Trinajstić information content (AvgIpc) is 2.72. The molecule has 0 fully saturated rings. The lowest BCUT2D eigenvalue weighted by molar-refractivity contribution is -0.139. The van der Waals surface area contributed by atoms with Gasteiger partial charge < -0.3 is 31.7 Å². The van der Waals surface area contributed by atoms with Crippen molar-refractivity contribution in [3.05, 3.63) is 40.7 Å². The number of aliphatic carboxylic acids is 2. The lowest BCUT2D eigenvalue weighted by atomic mass is 10.0. The van der Waals surface area contributed by atoms with Crippen LogP contribution in [-0.4, -0.2) is 68.7 Å². The van der Waals surface area contributed by atoms with Crippen molar-refractivity contribution in [2.45, 2.75) is 36.6 Å². The number of hydrogen-bond donors (Lipinski definition) is 6. The summed E-state index contributed by atoms with van der Waals surface area (Å²) in [6.45, 7) is 2.72. The van der Waals surface area contributed by atoms with E-state index in [1.54, 1.807) is 6.08 Å². The Hall–Kier alpha value is -3.19. The largest absolute Gasteiger partial charge is 0.508 e. The number of allylic oxidation sites excluding steroid dienone is 2. The molecule has 0 aromatic heterocycles. The van der Waals surface area contributed by atoms with Crippen LogP contribution in [0.5, 0.6) is 0 Å². The number of rotatable bonds is 13. The first-order chi connectivity index (χ1) is 14.5. The van der Waals surface area contributed by atoms with Gasteiger partial charge in [0.25, 0.3) is 0 Å². The lowest BCUT2D eigenvalue weighted by Gasteiger charge is -2.22. The first-order valence-electron chi connectivity index (χ1n) is 9.07. The molecule has 0 radical (unpaired) electrons. The van der Waals surface area contributed by atoms with Crippen LogP contribution in [0.15, 0.2) is 40.9 Å². The van der Waals surface area contributed by atoms with Gasteiger partial charge in [0.1, 0.15) is 24.4 Å². The molecule has 1 rings (SSSR count). The number of nitrogens with two attached hydrogens (primary N) is 1. The van der Waals surface area contributed by atoms with Crippen LogP contribution < -0.4 is 16.4 Å². The van der Waals surface area contributed by atoms with E-state index in [0.717, 1.165) is 11.8 Å². The van der Waals surface area contributed by atoms with Gasteiger partial charge in [-0.1, -0.05) is 12.7 Å². The molecule has 0 aromatic carbocycles. The predicted molar refractivity (Wildman–Crippen MR) is 112 cm³/mol. The summed E-state index contributed by atoms with van der Waals surface area (Å²) in [5, 5.41) is 34.0. The van der Waals surface area contributed by atoms with Crippen molar-refractivity contribution in [1.82, 2.24) is 10.6 Å². The number of aliphatic hydroxyl groups is 1. The van der Waals surface area contributed by atoms with Crippen LogP contribution in [-0.2, 0) is 19.2 Å². The first kappa shape index (κ1) is 25.8. The van der Waals surface area contributed by atoms with Crippen molar-refractivity contribution in [2.75, 3.05) is 12.3 Å². The van der Waals surface area contributed by atoms with Gasteiger partial charge in [0.05, 0.1) is 10.9 Å². The molecule has 0 saturated heterocycles. The molecular formula is C18H24N4O8S. The second kappa shape index (κ2) is 12.5. The summed E-state index contributed by atoms with van der Waals surface area (Å²) < 4.78 is 0. The third kappa shape index (κ3) is 9.00. The third-order valence-electron chi connectivity index (χ3n) is 4.15. The predicted octanol–water partition coefficient (Wildman–Crippen LogP) is 0.0180. The van der Waals surface area contributed by atoms with Crippen LogP contribution in [0.3, 0.4) is 0 Å². The van der Waals surface area contributed by atoms with Crippen molar-refractivity contribution >= 4 is 35.5 Å². The minimum Gasteiger partial charge on any atom is -0.508 e.